The summed E-state index contributed by atoms with van der Waals surface area (Å²) in [4.78, 5) is 7.87. The van der Waals surface area contributed by atoms with Crippen molar-refractivity contribution in [1.29, 1.82) is 0 Å². The van der Waals surface area contributed by atoms with Crippen LogP contribution < -0.4 is 11.3 Å². The Balaban J connectivity index is 2.24. The third-order valence-corrected chi connectivity index (χ3v) is 2.24. The highest BCUT2D eigenvalue weighted by Crippen LogP contribution is 2.40. The quantitative estimate of drug-likeness (QED) is 0.461. The first-order valence-electron chi connectivity index (χ1n) is 4.09. The van der Waals surface area contributed by atoms with Gasteiger partial charge in [-0.1, -0.05) is 0 Å². The predicted molar refractivity (Wildman–Crippen MR) is 47.0 cm³/mol. The summed E-state index contributed by atoms with van der Waals surface area (Å²) >= 11 is 0. The second-order valence-corrected chi connectivity index (χ2v) is 3.36. The number of rotatable bonds is 2. The van der Waals surface area contributed by atoms with Gasteiger partial charge in [0.25, 0.3) is 0 Å². The van der Waals surface area contributed by atoms with Crippen molar-refractivity contribution in [1.82, 2.24) is 9.97 Å². The molecule has 0 radical (unpaired) electrons. The van der Waals surface area contributed by atoms with Gasteiger partial charge in [0.1, 0.15) is 0 Å². The zero-order valence-electron chi connectivity index (χ0n) is 7.01. The van der Waals surface area contributed by atoms with E-state index in [1.807, 2.05) is 0 Å². The Hall–Kier alpha value is -0.975. The fraction of sp³-hybridized carbons (Fsp3) is 0.429. The highest BCUT2D eigenvalue weighted by Gasteiger charge is 2.41. The van der Waals surface area contributed by atoms with E-state index < -0.39 is 7.12 Å². The largest absolute Gasteiger partial charge is 0.509 e. The summed E-state index contributed by atoms with van der Waals surface area (Å²) in [6, 6.07) is 0. The monoisotopic (exact) mass is 179 g/mol. The molecule has 1 heterocycles. The summed E-state index contributed by atoms with van der Waals surface area (Å²) < 4.78 is 0. The van der Waals surface area contributed by atoms with Gasteiger partial charge >= 0.3 is 7.12 Å². The fourth-order valence-electron chi connectivity index (χ4n) is 1.12. The molecule has 0 aliphatic heterocycles. The molecule has 0 unspecified atom stereocenters. The smallest absolute Gasteiger partial charge is 0.422 e. The number of hydrogen-bond donors (Lipinski definition) is 3. The molecule has 1 aliphatic rings. The third kappa shape index (κ3) is 1.56. The van der Waals surface area contributed by atoms with E-state index in [9.17, 15) is 0 Å². The third-order valence-electron chi connectivity index (χ3n) is 2.24. The van der Waals surface area contributed by atoms with Crippen molar-refractivity contribution in [2.75, 3.05) is 0 Å². The molecular weight excluding hydrogens is 169 g/mol. The van der Waals surface area contributed by atoms with Gasteiger partial charge in [-0.05, 0) is 12.8 Å². The van der Waals surface area contributed by atoms with Crippen molar-refractivity contribution in [3.05, 3.63) is 18.1 Å². The van der Waals surface area contributed by atoms with E-state index in [-0.39, 0.29) is 11.1 Å². The molecule has 2 rings (SSSR count). The lowest BCUT2D eigenvalue weighted by Crippen LogP contribution is -2.34. The maximum absolute atomic E-state index is 8.75. The summed E-state index contributed by atoms with van der Waals surface area (Å²) in [5, 5.41) is 17.5. The second kappa shape index (κ2) is 2.76. The molecule has 6 heteroatoms. The van der Waals surface area contributed by atoms with Crippen LogP contribution in [0.1, 0.15) is 18.5 Å². The molecule has 68 valence electrons. The first-order chi connectivity index (χ1) is 6.12. The lowest BCUT2D eigenvalue weighted by atomic mass is 9.87. The molecule has 0 saturated heterocycles. The van der Waals surface area contributed by atoms with Crippen LogP contribution in [0.4, 0.5) is 0 Å². The average Bonchev–Trinajstić information content (AvgIpc) is 2.85. The zero-order chi connectivity index (χ0) is 9.47. The second-order valence-electron chi connectivity index (χ2n) is 3.36. The van der Waals surface area contributed by atoms with Crippen LogP contribution in [-0.2, 0) is 5.54 Å². The summed E-state index contributed by atoms with van der Waals surface area (Å²) in [6.45, 7) is 0. The van der Waals surface area contributed by atoms with Gasteiger partial charge in [0.05, 0.1) is 16.8 Å². The topological polar surface area (TPSA) is 92.3 Å². The summed E-state index contributed by atoms with van der Waals surface area (Å²) in [5.41, 5.74) is 6.42. The van der Waals surface area contributed by atoms with Crippen LogP contribution in [0.2, 0.25) is 0 Å². The number of nitrogens with zero attached hydrogens (tertiary/aromatic N) is 2. The van der Waals surface area contributed by atoms with E-state index in [1.54, 1.807) is 0 Å². The van der Waals surface area contributed by atoms with E-state index in [1.165, 1.54) is 12.4 Å². The molecule has 0 aromatic carbocycles. The van der Waals surface area contributed by atoms with Crippen LogP contribution in [0.3, 0.4) is 0 Å². The van der Waals surface area contributed by atoms with E-state index in [0.29, 0.717) is 0 Å². The average molecular weight is 179 g/mol. The maximum Gasteiger partial charge on any atom is 0.509 e. The molecule has 13 heavy (non-hydrogen) atoms. The van der Waals surface area contributed by atoms with Crippen molar-refractivity contribution >= 4 is 12.7 Å². The molecule has 0 spiro atoms. The minimum absolute atomic E-state index is 0.146. The number of hydrogen-bond acceptors (Lipinski definition) is 5. The highest BCUT2D eigenvalue weighted by atomic mass is 16.4. The first kappa shape index (κ1) is 8.62. The summed E-state index contributed by atoms with van der Waals surface area (Å²) in [5.74, 6) is 0. The Morgan fingerprint density at radius 3 is 2.38 bits per heavy atom. The minimum atomic E-state index is -1.56. The van der Waals surface area contributed by atoms with Crippen molar-refractivity contribution in [3.8, 4) is 0 Å². The minimum Gasteiger partial charge on any atom is -0.422 e. The Kier molecular flexibility index (Phi) is 1.83. The molecule has 0 bridgehead atoms. The zero-order valence-corrected chi connectivity index (χ0v) is 7.01. The van der Waals surface area contributed by atoms with Gasteiger partial charge in [0.2, 0.25) is 0 Å². The van der Waals surface area contributed by atoms with E-state index in [0.717, 1.165) is 18.5 Å². The molecule has 0 amide bonds. The van der Waals surface area contributed by atoms with Gasteiger partial charge in [-0.25, -0.2) is 0 Å². The summed E-state index contributed by atoms with van der Waals surface area (Å²) in [6.07, 6.45) is 4.68. The standard InChI is InChI=1S/C7H10BN3O2/c9-7(1-2-7)5-3-11-6(4-10-5)8(12)13/h3-4,12-13H,1-2,9H2. The van der Waals surface area contributed by atoms with Crippen LogP contribution in [0.5, 0.6) is 0 Å². The Bertz CT molecular complexity index is 310. The number of aromatic nitrogens is 2. The van der Waals surface area contributed by atoms with Crippen molar-refractivity contribution < 1.29 is 10.0 Å². The van der Waals surface area contributed by atoms with E-state index >= 15 is 0 Å². The van der Waals surface area contributed by atoms with Crippen LogP contribution in [0, 0.1) is 0 Å². The Labute approximate surface area is 75.8 Å². The highest BCUT2D eigenvalue weighted by molar-refractivity contribution is 6.57. The molecule has 1 saturated carbocycles. The van der Waals surface area contributed by atoms with Gasteiger partial charge in [-0.3, -0.25) is 9.97 Å². The van der Waals surface area contributed by atoms with E-state index in [2.05, 4.69) is 9.97 Å². The molecule has 5 nitrogen and oxygen atoms in total. The first-order valence-corrected chi connectivity index (χ1v) is 4.09. The van der Waals surface area contributed by atoms with E-state index in [4.69, 9.17) is 15.8 Å². The van der Waals surface area contributed by atoms with Gasteiger partial charge in [0.15, 0.2) is 0 Å². The lowest BCUT2D eigenvalue weighted by molar-refractivity contribution is 0.424. The predicted octanol–water partition coefficient (Wildman–Crippen LogP) is -1.90. The molecule has 4 N–H and O–H groups in total. The van der Waals surface area contributed by atoms with Gasteiger partial charge in [-0.15, -0.1) is 0 Å². The van der Waals surface area contributed by atoms with Gasteiger partial charge in [-0.2, -0.15) is 0 Å². The molecule has 1 aromatic heterocycles. The van der Waals surface area contributed by atoms with Crippen molar-refractivity contribution in [2.24, 2.45) is 5.73 Å². The SMILES string of the molecule is NC1(c2cnc(B(O)O)cn2)CC1. The normalized spacial score (nSPS) is 18.4. The van der Waals surface area contributed by atoms with Crippen molar-refractivity contribution in [2.45, 2.75) is 18.4 Å². The van der Waals surface area contributed by atoms with Crippen LogP contribution in [0.25, 0.3) is 0 Å². The lowest BCUT2D eigenvalue weighted by Gasteiger charge is -2.07. The van der Waals surface area contributed by atoms with Crippen LogP contribution in [-0.4, -0.2) is 27.1 Å². The Morgan fingerprint density at radius 2 is 2.00 bits per heavy atom. The van der Waals surface area contributed by atoms with Gasteiger partial charge in [0, 0.05) is 12.4 Å². The molecular formula is C7H10BN3O2. The van der Waals surface area contributed by atoms with Crippen molar-refractivity contribution in [3.63, 3.8) is 0 Å². The molecule has 0 atom stereocenters. The fourth-order valence-corrected chi connectivity index (χ4v) is 1.12. The molecule has 1 aromatic rings. The van der Waals surface area contributed by atoms with Crippen LogP contribution in [0.15, 0.2) is 12.4 Å². The number of nitrogens with two attached hydrogens (primary N) is 1. The van der Waals surface area contributed by atoms with Gasteiger partial charge < -0.3 is 15.8 Å². The summed E-state index contributed by atoms with van der Waals surface area (Å²) in [7, 11) is -1.56. The Morgan fingerprint density at radius 1 is 1.31 bits per heavy atom. The van der Waals surface area contributed by atoms with Crippen LogP contribution >= 0.6 is 0 Å². The molecule has 1 fully saturated rings. The molecule has 1 aliphatic carbocycles. The maximum atomic E-state index is 8.75.